The summed E-state index contributed by atoms with van der Waals surface area (Å²) in [5.41, 5.74) is 1.21. The van der Waals surface area contributed by atoms with Gasteiger partial charge in [-0.25, -0.2) is 0 Å². The second-order valence-electron chi connectivity index (χ2n) is 5.10. The van der Waals surface area contributed by atoms with E-state index in [-0.39, 0.29) is 6.10 Å². The average molecular weight is 235 g/mol. The molecule has 1 aromatic heterocycles. The van der Waals surface area contributed by atoms with Gasteiger partial charge in [-0.3, -0.25) is 9.88 Å². The minimum Gasteiger partial charge on any atom is -0.392 e. The molecule has 0 aliphatic carbocycles. The second kappa shape index (κ2) is 5.58. The molecule has 1 fully saturated rings. The van der Waals surface area contributed by atoms with E-state index < -0.39 is 0 Å². The Labute approximate surface area is 103 Å². The number of hydrogen-bond acceptors (Lipinski definition) is 4. The molecule has 0 spiro atoms. The molecule has 2 unspecified atom stereocenters. The Hall–Kier alpha value is -0.970. The lowest BCUT2D eigenvalue weighted by atomic mass is 10.2. The van der Waals surface area contributed by atoms with Crippen LogP contribution in [0, 0.1) is 0 Å². The van der Waals surface area contributed by atoms with Gasteiger partial charge < -0.3 is 10.0 Å². The Morgan fingerprint density at radius 1 is 1.53 bits per heavy atom. The standard InChI is InChI=1S/C13H21N3O/c1-15(2)9-12-6-13(17)10-16(12)8-11-4-3-5-14-7-11/h3-5,7,12-13,17H,6,8-10H2,1-2H3. The zero-order chi connectivity index (χ0) is 12.3. The Balaban J connectivity index is 1.98. The van der Waals surface area contributed by atoms with Gasteiger partial charge in [-0.2, -0.15) is 0 Å². The van der Waals surface area contributed by atoms with E-state index >= 15 is 0 Å². The van der Waals surface area contributed by atoms with Crippen molar-refractivity contribution in [2.24, 2.45) is 0 Å². The van der Waals surface area contributed by atoms with Gasteiger partial charge in [0.05, 0.1) is 6.10 Å². The highest BCUT2D eigenvalue weighted by atomic mass is 16.3. The molecule has 0 radical (unpaired) electrons. The number of β-amino-alcohol motifs (C(OH)–C–C–N with tert-alkyl or cyclic N) is 1. The largest absolute Gasteiger partial charge is 0.392 e. The van der Waals surface area contributed by atoms with Crippen molar-refractivity contribution < 1.29 is 5.11 Å². The van der Waals surface area contributed by atoms with E-state index in [9.17, 15) is 5.11 Å². The molecule has 2 heterocycles. The molecule has 2 atom stereocenters. The van der Waals surface area contributed by atoms with Gasteiger partial charge >= 0.3 is 0 Å². The number of rotatable bonds is 4. The van der Waals surface area contributed by atoms with E-state index in [1.165, 1.54) is 5.56 Å². The Morgan fingerprint density at radius 2 is 2.35 bits per heavy atom. The molecule has 4 heteroatoms. The van der Waals surface area contributed by atoms with E-state index in [1.54, 1.807) is 6.20 Å². The highest BCUT2D eigenvalue weighted by molar-refractivity contribution is 5.09. The fourth-order valence-corrected chi connectivity index (χ4v) is 2.49. The number of aliphatic hydroxyl groups excluding tert-OH is 1. The summed E-state index contributed by atoms with van der Waals surface area (Å²) in [6.07, 6.45) is 4.38. The zero-order valence-electron chi connectivity index (χ0n) is 10.6. The molecule has 1 N–H and O–H groups in total. The lowest BCUT2D eigenvalue weighted by Crippen LogP contribution is -2.37. The molecule has 0 amide bonds. The number of hydrogen-bond donors (Lipinski definition) is 1. The van der Waals surface area contributed by atoms with Crippen molar-refractivity contribution in [1.29, 1.82) is 0 Å². The van der Waals surface area contributed by atoms with Gasteiger partial charge in [-0.1, -0.05) is 6.07 Å². The van der Waals surface area contributed by atoms with Crippen molar-refractivity contribution in [2.75, 3.05) is 27.2 Å². The highest BCUT2D eigenvalue weighted by Crippen LogP contribution is 2.20. The van der Waals surface area contributed by atoms with Crippen LogP contribution in [-0.2, 0) is 6.54 Å². The van der Waals surface area contributed by atoms with Gasteiger partial charge in [0.15, 0.2) is 0 Å². The smallest absolute Gasteiger partial charge is 0.0682 e. The van der Waals surface area contributed by atoms with Crippen molar-refractivity contribution in [3.05, 3.63) is 30.1 Å². The van der Waals surface area contributed by atoms with Gasteiger partial charge in [-0.05, 0) is 32.1 Å². The summed E-state index contributed by atoms with van der Waals surface area (Å²) in [6, 6.07) is 4.49. The Morgan fingerprint density at radius 3 is 3.00 bits per heavy atom. The third-order valence-electron chi connectivity index (χ3n) is 3.19. The molecule has 1 aromatic rings. The maximum absolute atomic E-state index is 9.79. The van der Waals surface area contributed by atoms with E-state index in [2.05, 4.69) is 34.9 Å². The number of likely N-dealkylation sites (N-methyl/N-ethyl adjacent to an activating group) is 1. The van der Waals surface area contributed by atoms with Crippen molar-refractivity contribution in [3.8, 4) is 0 Å². The summed E-state index contributed by atoms with van der Waals surface area (Å²) in [4.78, 5) is 8.66. The maximum atomic E-state index is 9.79. The Bertz CT molecular complexity index is 342. The fourth-order valence-electron chi connectivity index (χ4n) is 2.49. The minimum absolute atomic E-state index is 0.184. The first-order valence-corrected chi connectivity index (χ1v) is 6.11. The van der Waals surface area contributed by atoms with E-state index in [4.69, 9.17) is 0 Å². The van der Waals surface area contributed by atoms with Crippen molar-refractivity contribution in [1.82, 2.24) is 14.8 Å². The molecule has 0 aromatic carbocycles. The first kappa shape index (κ1) is 12.5. The quantitative estimate of drug-likeness (QED) is 0.828. The van der Waals surface area contributed by atoms with Crippen LogP contribution < -0.4 is 0 Å². The van der Waals surface area contributed by atoms with Crippen LogP contribution >= 0.6 is 0 Å². The molecular weight excluding hydrogens is 214 g/mol. The average Bonchev–Trinajstić information content (AvgIpc) is 2.59. The molecular formula is C13H21N3O. The summed E-state index contributed by atoms with van der Waals surface area (Å²) in [5.74, 6) is 0. The third-order valence-corrected chi connectivity index (χ3v) is 3.19. The van der Waals surface area contributed by atoms with Crippen LogP contribution in [0.2, 0.25) is 0 Å². The summed E-state index contributed by atoms with van der Waals surface area (Å²) in [5, 5.41) is 9.79. The van der Waals surface area contributed by atoms with Gasteiger partial charge in [0.2, 0.25) is 0 Å². The molecule has 0 saturated carbocycles. The molecule has 1 aliphatic heterocycles. The predicted molar refractivity (Wildman–Crippen MR) is 67.6 cm³/mol. The summed E-state index contributed by atoms with van der Waals surface area (Å²) < 4.78 is 0. The first-order chi connectivity index (χ1) is 8.15. The van der Waals surface area contributed by atoms with E-state index in [1.807, 2.05) is 12.3 Å². The van der Waals surface area contributed by atoms with Gasteiger partial charge in [0, 0.05) is 38.1 Å². The lowest BCUT2D eigenvalue weighted by Gasteiger charge is -2.26. The molecule has 2 rings (SSSR count). The van der Waals surface area contributed by atoms with Crippen LogP contribution in [0.1, 0.15) is 12.0 Å². The summed E-state index contributed by atoms with van der Waals surface area (Å²) in [7, 11) is 4.15. The number of nitrogens with zero attached hydrogens (tertiary/aromatic N) is 3. The lowest BCUT2D eigenvalue weighted by molar-refractivity contribution is 0.169. The Kier molecular flexibility index (Phi) is 4.10. The fraction of sp³-hybridized carbons (Fsp3) is 0.615. The van der Waals surface area contributed by atoms with E-state index in [0.717, 1.165) is 26.1 Å². The van der Waals surface area contributed by atoms with Crippen LogP contribution in [0.4, 0.5) is 0 Å². The van der Waals surface area contributed by atoms with Crippen molar-refractivity contribution in [2.45, 2.75) is 25.1 Å². The van der Waals surface area contributed by atoms with Gasteiger partial charge in [0.1, 0.15) is 0 Å². The maximum Gasteiger partial charge on any atom is 0.0682 e. The predicted octanol–water partition coefficient (Wildman–Crippen LogP) is 0.578. The van der Waals surface area contributed by atoms with Crippen LogP contribution in [0.3, 0.4) is 0 Å². The van der Waals surface area contributed by atoms with E-state index in [0.29, 0.717) is 6.04 Å². The SMILES string of the molecule is CN(C)CC1CC(O)CN1Cc1cccnc1. The van der Waals surface area contributed by atoms with Crippen LogP contribution in [0.15, 0.2) is 24.5 Å². The molecule has 0 bridgehead atoms. The number of likely N-dealkylation sites (tertiary alicyclic amines) is 1. The number of aromatic nitrogens is 1. The monoisotopic (exact) mass is 235 g/mol. The molecule has 17 heavy (non-hydrogen) atoms. The normalized spacial score (nSPS) is 25.6. The topological polar surface area (TPSA) is 39.6 Å². The first-order valence-electron chi connectivity index (χ1n) is 6.11. The summed E-state index contributed by atoms with van der Waals surface area (Å²) >= 11 is 0. The van der Waals surface area contributed by atoms with Crippen LogP contribution in [0.25, 0.3) is 0 Å². The highest BCUT2D eigenvalue weighted by Gasteiger charge is 2.30. The molecule has 1 aliphatic rings. The molecule has 94 valence electrons. The second-order valence-corrected chi connectivity index (χ2v) is 5.10. The van der Waals surface area contributed by atoms with Gasteiger partial charge in [-0.15, -0.1) is 0 Å². The van der Waals surface area contributed by atoms with Crippen LogP contribution in [0.5, 0.6) is 0 Å². The van der Waals surface area contributed by atoms with Crippen molar-refractivity contribution >= 4 is 0 Å². The third kappa shape index (κ3) is 3.49. The minimum atomic E-state index is -0.184. The molecule has 4 nitrogen and oxygen atoms in total. The van der Waals surface area contributed by atoms with Gasteiger partial charge in [0.25, 0.3) is 0 Å². The van der Waals surface area contributed by atoms with Crippen LogP contribution in [-0.4, -0.2) is 59.2 Å². The summed E-state index contributed by atoms with van der Waals surface area (Å²) in [6.45, 7) is 2.65. The van der Waals surface area contributed by atoms with Crippen molar-refractivity contribution in [3.63, 3.8) is 0 Å². The zero-order valence-corrected chi connectivity index (χ0v) is 10.6. The number of pyridine rings is 1. The molecule has 1 saturated heterocycles. The number of aliphatic hydroxyl groups is 1.